The van der Waals surface area contributed by atoms with E-state index in [0.29, 0.717) is 48.7 Å². The van der Waals surface area contributed by atoms with Gasteiger partial charge in [0.15, 0.2) is 0 Å². The molecule has 0 spiro atoms. The van der Waals surface area contributed by atoms with Crippen LogP contribution < -0.4 is 18.9 Å². The van der Waals surface area contributed by atoms with Crippen molar-refractivity contribution in [2.75, 3.05) is 0 Å². The van der Waals surface area contributed by atoms with Crippen LogP contribution in [0.25, 0.3) is 0 Å². The number of hydrogen-bond donors (Lipinski definition) is 0. The Morgan fingerprint density at radius 2 is 0.483 bits per heavy atom. The average Bonchev–Trinajstić information content (AvgIpc) is 3.23. The lowest BCUT2D eigenvalue weighted by Crippen LogP contribution is -2.09. The van der Waals surface area contributed by atoms with E-state index in [-0.39, 0.29) is 23.9 Å². The molecular formula is C52H84O8. The molecule has 0 aliphatic carbocycles. The summed E-state index contributed by atoms with van der Waals surface area (Å²) in [7, 11) is 0. The number of benzene rings is 2. The SMILES string of the molecule is CCCCCCCCCC(=O)Oc1cccc(OC(=O)CCCCCCCCC)c1.CCCCCCCCCC(=O)Oc1cccc(OC(=O)CCCCCCCCC)c1. The summed E-state index contributed by atoms with van der Waals surface area (Å²) < 4.78 is 21.6. The van der Waals surface area contributed by atoms with Crippen LogP contribution in [-0.4, -0.2) is 23.9 Å². The smallest absolute Gasteiger partial charge is 0.311 e. The van der Waals surface area contributed by atoms with Gasteiger partial charge in [0, 0.05) is 37.8 Å². The summed E-state index contributed by atoms with van der Waals surface area (Å²) in [5.41, 5.74) is 0. The predicted octanol–water partition coefficient (Wildman–Crippen LogP) is 15.6. The quantitative estimate of drug-likeness (QED) is 0.0380. The van der Waals surface area contributed by atoms with Gasteiger partial charge in [-0.3, -0.25) is 19.2 Å². The highest BCUT2D eigenvalue weighted by Crippen LogP contribution is 2.23. The number of hydrogen-bond acceptors (Lipinski definition) is 8. The Morgan fingerprint density at radius 1 is 0.300 bits per heavy atom. The molecule has 0 aliphatic rings. The molecule has 0 unspecified atom stereocenters. The average molecular weight is 837 g/mol. The molecule has 60 heavy (non-hydrogen) atoms. The van der Waals surface area contributed by atoms with Gasteiger partial charge in [-0.25, -0.2) is 0 Å². The molecule has 0 heterocycles. The minimum Gasteiger partial charge on any atom is -0.426 e. The molecule has 2 rings (SSSR count). The van der Waals surface area contributed by atoms with Crippen molar-refractivity contribution < 1.29 is 38.1 Å². The molecule has 0 fully saturated rings. The highest BCUT2D eigenvalue weighted by molar-refractivity contribution is 5.75. The Morgan fingerprint density at radius 3 is 0.683 bits per heavy atom. The Kier molecular flexibility index (Phi) is 35.7. The topological polar surface area (TPSA) is 105 Å². The highest BCUT2D eigenvalue weighted by Gasteiger charge is 2.11. The van der Waals surface area contributed by atoms with Crippen molar-refractivity contribution in [2.24, 2.45) is 0 Å². The number of esters is 4. The second-order valence-electron chi connectivity index (χ2n) is 16.3. The predicted molar refractivity (Wildman–Crippen MR) is 246 cm³/mol. The molecule has 340 valence electrons. The molecule has 0 bridgehead atoms. The minimum absolute atomic E-state index is 0.227. The van der Waals surface area contributed by atoms with Crippen molar-refractivity contribution in [3.63, 3.8) is 0 Å². The summed E-state index contributed by atoms with van der Waals surface area (Å²) in [6, 6.07) is 13.6. The van der Waals surface area contributed by atoms with E-state index in [1.807, 2.05) is 0 Å². The van der Waals surface area contributed by atoms with Crippen molar-refractivity contribution in [3.05, 3.63) is 48.5 Å². The van der Waals surface area contributed by atoms with Crippen LogP contribution in [0.15, 0.2) is 48.5 Å². The third kappa shape index (κ3) is 33.1. The van der Waals surface area contributed by atoms with E-state index < -0.39 is 0 Å². The summed E-state index contributed by atoms with van der Waals surface area (Å²) in [5.74, 6) is 0.831. The largest absolute Gasteiger partial charge is 0.426 e. The van der Waals surface area contributed by atoms with Gasteiger partial charge in [0.1, 0.15) is 23.0 Å². The first-order valence-electron chi connectivity index (χ1n) is 24.3. The number of carbonyl (C=O) groups excluding carboxylic acids is 4. The van der Waals surface area contributed by atoms with Gasteiger partial charge in [0.05, 0.1) is 0 Å². The maximum absolute atomic E-state index is 12.0. The van der Waals surface area contributed by atoms with Gasteiger partial charge in [-0.05, 0) is 49.9 Å². The number of unbranched alkanes of at least 4 members (excludes halogenated alkanes) is 24. The van der Waals surface area contributed by atoms with E-state index in [1.165, 1.54) is 128 Å². The fourth-order valence-electron chi connectivity index (χ4n) is 6.84. The van der Waals surface area contributed by atoms with E-state index in [9.17, 15) is 19.2 Å². The summed E-state index contributed by atoms with van der Waals surface area (Å²) in [5, 5.41) is 0. The lowest BCUT2D eigenvalue weighted by Gasteiger charge is -2.08. The Bertz CT molecular complexity index is 1170. The number of carbonyl (C=O) groups is 4. The van der Waals surface area contributed by atoms with Crippen LogP contribution in [-0.2, 0) is 19.2 Å². The van der Waals surface area contributed by atoms with E-state index >= 15 is 0 Å². The van der Waals surface area contributed by atoms with Gasteiger partial charge in [0.25, 0.3) is 0 Å². The zero-order chi connectivity index (χ0) is 43.7. The van der Waals surface area contributed by atoms with Crippen molar-refractivity contribution >= 4 is 23.9 Å². The van der Waals surface area contributed by atoms with Crippen molar-refractivity contribution in [1.82, 2.24) is 0 Å². The Labute approximate surface area is 365 Å². The van der Waals surface area contributed by atoms with E-state index in [2.05, 4.69) is 27.7 Å². The first kappa shape index (κ1) is 54.3. The van der Waals surface area contributed by atoms with Gasteiger partial charge < -0.3 is 18.9 Å². The Balaban J connectivity index is 0.000000600. The molecule has 0 radical (unpaired) electrons. The summed E-state index contributed by atoms with van der Waals surface area (Å²) >= 11 is 0. The minimum atomic E-state index is -0.227. The van der Waals surface area contributed by atoms with Gasteiger partial charge in [0.2, 0.25) is 0 Å². The summed E-state index contributed by atoms with van der Waals surface area (Å²) in [4.78, 5) is 48.1. The van der Waals surface area contributed by atoms with Gasteiger partial charge in [-0.2, -0.15) is 0 Å². The number of rotatable bonds is 36. The zero-order valence-electron chi connectivity index (χ0n) is 38.5. The van der Waals surface area contributed by atoms with Crippen LogP contribution in [0.2, 0.25) is 0 Å². The molecule has 0 amide bonds. The maximum atomic E-state index is 12.0. The molecule has 0 atom stereocenters. The van der Waals surface area contributed by atoms with Gasteiger partial charge >= 0.3 is 23.9 Å². The summed E-state index contributed by atoms with van der Waals surface area (Å²) in [6.07, 6.45) is 34.4. The van der Waals surface area contributed by atoms with E-state index in [4.69, 9.17) is 18.9 Å². The van der Waals surface area contributed by atoms with Crippen molar-refractivity contribution in [2.45, 2.75) is 233 Å². The standard InChI is InChI=1S/2C26H42O4/c2*1-3-5-7-9-11-13-15-20-25(27)29-23-18-17-19-24(22-23)30-26(28)21-16-14-12-10-8-6-4-2/h2*17-19,22H,3-16,20-21H2,1-2H3. The molecule has 0 aromatic heterocycles. The maximum Gasteiger partial charge on any atom is 0.311 e. The second-order valence-corrected chi connectivity index (χ2v) is 16.3. The van der Waals surface area contributed by atoms with Gasteiger partial charge in [-0.15, -0.1) is 0 Å². The normalized spacial score (nSPS) is 10.7. The monoisotopic (exact) mass is 837 g/mol. The molecule has 8 heteroatoms. The van der Waals surface area contributed by atoms with Gasteiger partial charge in [-0.1, -0.05) is 194 Å². The second kappa shape index (κ2) is 39.5. The van der Waals surface area contributed by atoms with Crippen LogP contribution in [0.4, 0.5) is 0 Å². The van der Waals surface area contributed by atoms with E-state index in [0.717, 1.165) is 51.4 Å². The molecule has 2 aromatic rings. The molecule has 0 saturated carbocycles. The highest BCUT2D eigenvalue weighted by atomic mass is 16.6. The third-order valence-corrected chi connectivity index (χ3v) is 10.5. The molecular weight excluding hydrogens is 753 g/mol. The van der Waals surface area contributed by atoms with Crippen LogP contribution in [0.3, 0.4) is 0 Å². The van der Waals surface area contributed by atoms with Crippen LogP contribution >= 0.6 is 0 Å². The summed E-state index contributed by atoms with van der Waals surface area (Å²) in [6.45, 7) is 8.84. The molecule has 0 N–H and O–H groups in total. The fourth-order valence-corrected chi connectivity index (χ4v) is 6.84. The third-order valence-electron chi connectivity index (χ3n) is 10.5. The first-order valence-corrected chi connectivity index (χ1v) is 24.3. The van der Waals surface area contributed by atoms with Crippen molar-refractivity contribution in [1.29, 1.82) is 0 Å². The van der Waals surface area contributed by atoms with Crippen LogP contribution in [0, 0.1) is 0 Å². The lowest BCUT2D eigenvalue weighted by molar-refractivity contribution is -0.135. The fraction of sp³-hybridized carbons (Fsp3) is 0.692. The zero-order valence-corrected chi connectivity index (χ0v) is 38.5. The molecule has 2 aromatic carbocycles. The molecule has 0 saturated heterocycles. The molecule has 8 nitrogen and oxygen atoms in total. The first-order chi connectivity index (χ1) is 29.3. The number of ether oxygens (including phenoxy) is 4. The van der Waals surface area contributed by atoms with E-state index in [1.54, 1.807) is 48.5 Å². The Hall–Kier alpha value is -3.68. The van der Waals surface area contributed by atoms with Crippen LogP contribution in [0.5, 0.6) is 23.0 Å². The molecule has 0 aliphatic heterocycles. The van der Waals surface area contributed by atoms with Crippen molar-refractivity contribution in [3.8, 4) is 23.0 Å². The lowest BCUT2D eigenvalue weighted by atomic mass is 10.1. The van der Waals surface area contributed by atoms with Crippen LogP contribution in [0.1, 0.15) is 233 Å².